The Morgan fingerprint density at radius 1 is 1.37 bits per heavy atom. The second kappa shape index (κ2) is 5.16. The topological polar surface area (TPSA) is 33.6 Å². The highest BCUT2D eigenvalue weighted by Crippen LogP contribution is 2.27. The van der Waals surface area contributed by atoms with E-state index in [2.05, 4.69) is 48.5 Å². The van der Waals surface area contributed by atoms with Gasteiger partial charge in [0, 0.05) is 14.2 Å². The lowest BCUT2D eigenvalue weighted by molar-refractivity contribution is 1.04. The number of halogens is 3. The van der Waals surface area contributed by atoms with Crippen molar-refractivity contribution in [3.63, 3.8) is 0 Å². The van der Waals surface area contributed by atoms with Crippen molar-refractivity contribution in [3.8, 4) is 5.69 Å². The molecule has 0 aliphatic rings. The average Bonchev–Trinajstić information content (AvgIpc) is 2.65. The third-order valence-electron chi connectivity index (χ3n) is 2.64. The highest BCUT2D eigenvalue weighted by atomic mass is 127. The minimum Gasteiger partial charge on any atom is -0.329 e. The van der Waals surface area contributed by atoms with Gasteiger partial charge >= 0.3 is 0 Å². The van der Waals surface area contributed by atoms with Crippen LogP contribution in [-0.2, 0) is 0 Å². The quantitative estimate of drug-likeness (QED) is 0.400. The molecule has 19 heavy (non-hydrogen) atoms. The molecule has 3 aromatic rings. The fraction of sp³-hybridized carbons (Fsp3) is 0. The van der Waals surface area contributed by atoms with E-state index in [0.29, 0.717) is 9.79 Å². The lowest BCUT2D eigenvalue weighted by atomic mass is 10.3. The van der Waals surface area contributed by atoms with Gasteiger partial charge in [0.15, 0.2) is 10.4 Å². The van der Waals surface area contributed by atoms with E-state index in [0.717, 1.165) is 24.9 Å². The Hall–Kier alpha value is -0.440. The number of nitrogens with one attached hydrogen (secondary N) is 1. The van der Waals surface area contributed by atoms with E-state index >= 15 is 0 Å². The number of aromatic amines is 1. The SMILES string of the molecule is S=c1[nH]c2cc(Br)cnc2n1-c1ccc(I)cc1Cl. The van der Waals surface area contributed by atoms with Crippen molar-refractivity contribution >= 4 is 73.5 Å². The fourth-order valence-corrected chi connectivity index (χ4v) is 3.42. The van der Waals surface area contributed by atoms with Gasteiger partial charge in [-0.15, -0.1) is 0 Å². The number of imidazole rings is 1. The standard InChI is InChI=1S/C12H6BrClIN3S/c13-6-3-9-11(16-5-6)18(12(19)17-9)10-2-1-7(15)4-8(10)14/h1-5H,(H,17,19). The average molecular weight is 467 g/mol. The maximum atomic E-state index is 6.30. The molecule has 0 amide bonds. The Labute approximate surface area is 141 Å². The Kier molecular flexibility index (Phi) is 3.67. The van der Waals surface area contributed by atoms with Gasteiger partial charge in [-0.1, -0.05) is 11.6 Å². The van der Waals surface area contributed by atoms with E-state index in [-0.39, 0.29) is 0 Å². The van der Waals surface area contributed by atoms with Crippen LogP contribution in [0.5, 0.6) is 0 Å². The number of rotatable bonds is 1. The van der Waals surface area contributed by atoms with Gasteiger partial charge < -0.3 is 4.98 Å². The zero-order valence-corrected chi connectivity index (χ0v) is 14.6. The van der Waals surface area contributed by atoms with Gasteiger partial charge in [0.1, 0.15) is 0 Å². The summed E-state index contributed by atoms with van der Waals surface area (Å²) in [6.45, 7) is 0. The Morgan fingerprint density at radius 2 is 2.16 bits per heavy atom. The molecule has 7 heteroatoms. The summed E-state index contributed by atoms with van der Waals surface area (Å²) in [7, 11) is 0. The minimum absolute atomic E-state index is 0.573. The molecule has 0 saturated carbocycles. The fourth-order valence-electron chi connectivity index (χ4n) is 1.86. The van der Waals surface area contributed by atoms with Crippen LogP contribution in [0.3, 0.4) is 0 Å². The number of hydrogen-bond acceptors (Lipinski definition) is 2. The molecule has 0 atom stereocenters. The minimum atomic E-state index is 0.573. The molecule has 0 unspecified atom stereocenters. The van der Waals surface area contributed by atoms with Gasteiger partial charge in [0.25, 0.3) is 0 Å². The molecule has 3 rings (SSSR count). The van der Waals surface area contributed by atoms with Gasteiger partial charge in [-0.2, -0.15) is 0 Å². The maximum Gasteiger partial charge on any atom is 0.184 e. The van der Waals surface area contributed by atoms with E-state index in [9.17, 15) is 0 Å². The second-order valence-electron chi connectivity index (χ2n) is 3.89. The number of H-pyrrole nitrogens is 1. The number of fused-ring (bicyclic) bond motifs is 1. The van der Waals surface area contributed by atoms with Crippen LogP contribution < -0.4 is 0 Å². The summed E-state index contributed by atoms with van der Waals surface area (Å²) in [6, 6.07) is 7.77. The second-order valence-corrected chi connectivity index (χ2v) is 6.84. The van der Waals surface area contributed by atoms with Gasteiger partial charge in [-0.25, -0.2) is 4.98 Å². The van der Waals surface area contributed by atoms with Gasteiger partial charge in [0.05, 0.1) is 16.2 Å². The number of hydrogen-bond donors (Lipinski definition) is 1. The zero-order valence-electron chi connectivity index (χ0n) is 9.32. The monoisotopic (exact) mass is 465 g/mol. The predicted molar refractivity (Wildman–Crippen MR) is 91.7 cm³/mol. The lowest BCUT2D eigenvalue weighted by Crippen LogP contribution is -1.96. The van der Waals surface area contributed by atoms with Crippen molar-refractivity contribution < 1.29 is 0 Å². The first-order chi connectivity index (χ1) is 9.06. The molecular formula is C12H6BrClIN3S. The number of aromatic nitrogens is 3. The number of pyridine rings is 1. The van der Waals surface area contributed by atoms with Gasteiger partial charge in [0.2, 0.25) is 0 Å². The summed E-state index contributed by atoms with van der Waals surface area (Å²) in [5.41, 5.74) is 2.46. The Balaban J connectivity index is 2.36. The molecule has 0 aliphatic carbocycles. The zero-order chi connectivity index (χ0) is 13.6. The van der Waals surface area contributed by atoms with Crippen LogP contribution in [0.4, 0.5) is 0 Å². The summed E-state index contributed by atoms with van der Waals surface area (Å²) in [6.07, 6.45) is 1.74. The third-order valence-corrected chi connectivity index (χ3v) is 4.33. The van der Waals surface area contributed by atoms with Crippen LogP contribution in [0.2, 0.25) is 5.02 Å². The molecule has 3 nitrogen and oxygen atoms in total. The molecule has 0 aliphatic heterocycles. The van der Waals surface area contributed by atoms with Crippen molar-refractivity contribution in [2.24, 2.45) is 0 Å². The highest BCUT2D eigenvalue weighted by Gasteiger charge is 2.11. The molecule has 96 valence electrons. The molecule has 2 heterocycles. The van der Waals surface area contributed by atoms with Crippen molar-refractivity contribution in [1.29, 1.82) is 0 Å². The van der Waals surface area contributed by atoms with Crippen molar-refractivity contribution in [3.05, 3.63) is 48.3 Å². The van der Waals surface area contributed by atoms with Crippen LogP contribution in [0, 0.1) is 8.34 Å². The first kappa shape index (κ1) is 13.5. The van der Waals surface area contributed by atoms with E-state index in [1.807, 2.05) is 28.8 Å². The Bertz CT molecular complexity index is 843. The van der Waals surface area contributed by atoms with E-state index < -0.39 is 0 Å². The van der Waals surface area contributed by atoms with Crippen LogP contribution >= 0.6 is 62.3 Å². The first-order valence-electron chi connectivity index (χ1n) is 5.28. The summed E-state index contributed by atoms with van der Waals surface area (Å²) >= 11 is 17.3. The molecule has 0 bridgehead atoms. The smallest absolute Gasteiger partial charge is 0.184 e. The van der Waals surface area contributed by atoms with E-state index in [1.165, 1.54) is 0 Å². The van der Waals surface area contributed by atoms with Crippen LogP contribution in [-0.4, -0.2) is 14.5 Å². The molecule has 1 aromatic carbocycles. The summed E-state index contributed by atoms with van der Waals surface area (Å²) < 4.78 is 4.39. The first-order valence-corrected chi connectivity index (χ1v) is 7.94. The molecule has 2 aromatic heterocycles. The van der Waals surface area contributed by atoms with Gasteiger partial charge in [-0.05, 0) is 75.0 Å². The normalized spacial score (nSPS) is 11.1. The largest absolute Gasteiger partial charge is 0.329 e. The molecule has 0 spiro atoms. The maximum absolute atomic E-state index is 6.30. The summed E-state index contributed by atoms with van der Waals surface area (Å²) in [4.78, 5) is 7.53. The predicted octanol–water partition coefficient (Wildman–Crippen LogP) is 5.10. The van der Waals surface area contributed by atoms with Crippen molar-refractivity contribution in [2.75, 3.05) is 0 Å². The summed E-state index contributed by atoms with van der Waals surface area (Å²) in [5.74, 6) is 0. The van der Waals surface area contributed by atoms with E-state index in [1.54, 1.807) is 6.20 Å². The molecule has 0 radical (unpaired) electrons. The third kappa shape index (κ3) is 2.46. The van der Waals surface area contributed by atoms with Crippen LogP contribution in [0.25, 0.3) is 16.9 Å². The van der Waals surface area contributed by atoms with Crippen LogP contribution in [0.1, 0.15) is 0 Å². The molecule has 1 N–H and O–H groups in total. The molecule has 0 saturated heterocycles. The van der Waals surface area contributed by atoms with Crippen molar-refractivity contribution in [1.82, 2.24) is 14.5 Å². The molecular weight excluding hydrogens is 460 g/mol. The van der Waals surface area contributed by atoms with Gasteiger partial charge in [-0.3, -0.25) is 4.57 Å². The number of nitrogens with zero attached hydrogens (tertiary/aromatic N) is 2. The van der Waals surface area contributed by atoms with Crippen LogP contribution in [0.15, 0.2) is 34.9 Å². The van der Waals surface area contributed by atoms with Crippen molar-refractivity contribution in [2.45, 2.75) is 0 Å². The molecule has 0 fully saturated rings. The summed E-state index contributed by atoms with van der Waals surface area (Å²) in [5, 5.41) is 0.647. The van der Waals surface area contributed by atoms with E-state index in [4.69, 9.17) is 23.8 Å². The lowest BCUT2D eigenvalue weighted by Gasteiger charge is -2.06. The number of benzene rings is 1. The Morgan fingerprint density at radius 3 is 2.89 bits per heavy atom. The highest BCUT2D eigenvalue weighted by molar-refractivity contribution is 14.1.